The van der Waals surface area contributed by atoms with Crippen LogP contribution >= 0.6 is 0 Å². The Hall–Kier alpha value is -4.90. The van der Waals surface area contributed by atoms with Crippen molar-refractivity contribution in [2.24, 2.45) is 0 Å². The Balaban J connectivity index is 1.40. The van der Waals surface area contributed by atoms with Crippen molar-refractivity contribution in [3.8, 4) is 39.7 Å². The van der Waals surface area contributed by atoms with Crippen molar-refractivity contribution < 1.29 is 9.13 Å². The summed E-state index contributed by atoms with van der Waals surface area (Å²) in [4.78, 5) is 23.7. The molecule has 5 aromatic heterocycles. The van der Waals surface area contributed by atoms with Gasteiger partial charge in [0.15, 0.2) is 11.5 Å². The van der Waals surface area contributed by atoms with Crippen molar-refractivity contribution in [1.29, 1.82) is 0 Å². The van der Waals surface area contributed by atoms with Crippen LogP contribution in [-0.2, 0) is 0 Å². The first-order valence-corrected chi connectivity index (χ1v) is 12.4. The van der Waals surface area contributed by atoms with E-state index in [1.54, 1.807) is 31.9 Å². The zero-order chi connectivity index (χ0) is 26.9. The summed E-state index contributed by atoms with van der Waals surface area (Å²) >= 11 is 0. The van der Waals surface area contributed by atoms with Crippen LogP contribution in [0.25, 0.3) is 56.0 Å². The largest absolute Gasteiger partial charge is 0.495 e. The summed E-state index contributed by atoms with van der Waals surface area (Å²) in [5.74, 6) is 0.835. The second-order valence-corrected chi connectivity index (χ2v) is 9.41. The van der Waals surface area contributed by atoms with Gasteiger partial charge in [-0.15, -0.1) is 0 Å². The average molecular weight is 524 g/mol. The number of fused-ring (bicyclic) bond motifs is 2. The van der Waals surface area contributed by atoms with Crippen LogP contribution in [0.5, 0.6) is 5.75 Å². The molecule has 11 heteroatoms. The fourth-order valence-corrected chi connectivity index (χ4v) is 4.42. The van der Waals surface area contributed by atoms with E-state index in [0.717, 1.165) is 23.3 Å². The van der Waals surface area contributed by atoms with Crippen LogP contribution in [0.15, 0.2) is 61.2 Å². The van der Waals surface area contributed by atoms with Crippen LogP contribution in [0.4, 0.5) is 10.1 Å². The minimum absolute atomic E-state index is 0.338. The lowest BCUT2D eigenvalue weighted by Gasteiger charge is -2.12. The molecule has 0 aliphatic carbocycles. The van der Waals surface area contributed by atoms with Crippen molar-refractivity contribution in [1.82, 2.24) is 40.0 Å². The maximum absolute atomic E-state index is 14.6. The molecule has 196 valence electrons. The molecule has 0 aliphatic heterocycles. The molecule has 0 unspecified atom stereocenters. The number of H-pyrrole nitrogens is 2. The maximum atomic E-state index is 14.6. The third-order valence-electron chi connectivity index (χ3n) is 6.37. The lowest BCUT2D eigenvalue weighted by Crippen LogP contribution is -2.20. The predicted octanol–water partition coefficient (Wildman–Crippen LogP) is 4.75. The molecule has 0 saturated heterocycles. The van der Waals surface area contributed by atoms with Gasteiger partial charge >= 0.3 is 0 Å². The lowest BCUT2D eigenvalue weighted by atomic mass is 10.1. The first kappa shape index (κ1) is 24.4. The van der Waals surface area contributed by atoms with E-state index in [1.165, 1.54) is 12.1 Å². The molecular weight excluding hydrogens is 497 g/mol. The molecule has 0 saturated carbocycles. The topological polar surface area (TPSA) is 121 Å². The number of halogens is 1. The van der Waals surface area contributed by atoms with Gasteiger partial charge in [-0.1, -0.05) is 0 Å². The number of hydrogen-bond acceptors (Lipinski definition) is 8. The highest BCUT2D eigenvalue weighted by atomic mass is 19.1. The third kappa shape index (κ3) is 4.87. The molecule has 5 heterocycles. The van der Waals surface area contributed by atoms with Crippen molar-refractivity contribution >= 4 is 27.8 Å². The van der Waals surface area contributed by atoms with E-state index >= 15 is 0 Å². The molecule has 3 N–H and O–H groups in total. The monoisotopic (exact) mass is 523 g/mol. The number of benzene rings is 1. The van der Waals surface area contributed by atoms with Crippen molar-refractivity contribution in [2.45, 2.75) is 0 Å². The standard InChI is InChI=1S/C28H26FN9O/c1-38(2)7-6-32-19-9-16(8-18(29)11-19)21-14-31-15-24-25(21)35-28(34-24)27-26-23(36-37-27)5-4-22(33-26)17-10-20(39-3)13-30-12-17/h4-5,8-15,32H,6-7H2,1-3H3,(H,34,35)(H,36,37). The number of methoxy groups -OCH3 is 1. The van der Waals surface area contributed by atoms with E-state index in [0.29, 0.717) is 57.2 Å². The highest BCUT2D eigenvalue weighted by molar-refractivity contribution is 5.96. The summed E-state index contributed by atoms with van der Waals surface area (Å²) in [6.07, 6.45) is 6.77. The molecule has 1 aromatic carbocycles. The molecule has 39 heavy (non-hydrogen) atoms. The smallest absolute Gasteiger partial charge is 0.161 e. The molecular formula is C28H26FN9O. The Morgan fingerprint density at radius 3 is 2.64 bits per heavy atom. The van der Waals surface area contributed by atoms with Gasteiger partial charge in [-0.2, -0.15) is 5.10 Å². The Morgan fingerprint density at radius 1 is 0.923 bits per heavy atom. The van der Waals surface area contributed by atoms with Crippen LogP contribution in [-0.4, -0.2) is 74.3 Å². The van der Waals surface area contributed by atoms with Gasteiger partial charge in [-0.3, -0.25) is 15.1 Å². The van der Waals surface area contributed by atoms with Gasteiger partial charge in [0.05, 0.1) is 41.7 Å². The van der Waals surface area contributed by atoms with Crippen molar-refractivity contribution in [3.63, 3.8) is 0 Å². The number of aromatic amines is 2. The summed E-state index contributed by atoms with van der Waals surface area (Å²) in [5.41, 5.74) is 6.98. The Kier molecular flexibility index (Phi) is 6.33. The fourth-order valence-electron chi connectivity index (χ4n) is 4.42. The number of imidazole rings is 1. The number of pyridine rings is 3. The Labute approximate surface area is 223 Å². The number of rotatable bonds is 8. The van der Waals surface area contributed by atoms with Gasteiger partial charge in [0.2, 0.25) is 0 Å². The maximum Gasteiger partial charge on any atom is 0.161 e. The summed E-state index contributed by atoms with van der Waals surface area (Å²) < 4.78 is 19.9. The second kappa shape index (κ2) is 10.1. The zero-order valence-corrected chi connectivity index (χ0v) is 21.7. The number of nitrogens with one attached hydrogen (secondary N) is 3. The quantitative estimate of drug-likeness (QED) is 0.262. The van der Waals surface area contributed by atoms with E-state index < -0.39 is 0 Å². The van der Waals surface area contributed by atoms with Crippen LogP contribution < -0.4 is 10.1 Å². The molecule has 0 aliphatic rings. The van der Waals surface area contributed by atoms with Crippen molar-refractivity contribution in [2.75, 3.05) is 39.6 Å². The van der Waals surface area contributed by atoms with Crippen LogP contribution in [0.2, 0.25) is 0 Å². The minimum atomic E-state index is -0.338. The van der Waals surface area contributed by atoms with Gasteiger partial charge in [0.25, 0.3) is 0 Å². The normalized spacial score (nSPS) is 11.5. The molecule has 6 rings (SSSR count). The van der Waals surface area contributed by atoms with Crippen LogP contribution in [0, 0.1) is 5.82 Å². The minimum Gasteiger partial charge on any atom is -0.495 e. The van der Waals surface area contributed by atoms with E-state index in [1.807, 2.05) is 38.4 Å². The van der Waals surface area contributed by atoms with Crippen LogP contribution in [0.3, 0.4) is 0 Å². The molecule has 6 aromatic rings. The summed E-state index contributed by atoms with van der Waals surface area (Å²) in [6.45, 7) is 1.52. The number of anilines is 1. The van der Waals surface area contributed by atoms with E-state index in [2.05, 4.69) is 35.4 Å². The van der Waals surface area contributed by atoms with Gasteiger partial charge in [-0.25, -0.2) is 14.4 Å². The van der Waals surface area contributed by atoms with Gasteiger partial charge < -0.3 is 19.9 Å². The number of aromatic nitrogens is 7. The Morgan fingerprint density at radius 2 is 1.79 bits per heavy atom. The predicted molar refractivity (Wildman–Crippen MR) is 149 cm³/mol. The number of hydrogen-bond donors (Lipinski definition) is 3. The number of ether oxygens (including phenoxy) is 1. The second-order valence-electron chi connectivity index (χ2n) is 9.41. The molecule has 0 atom stereocenters. The molecule has 0 radical (unpaired) electrons. The van der Waals surface area contributed by atoms with Gasteiger partial charge in [0, 0.05) is 42.3 Å². The van der Waals surface area contributed by atoms with E-state index in [4.69, 9.17) is 14.7 Å². The number of likely N-dealkylation sites (N-methyl/N-ethyl adjacent to an activating group) is 1. The Bertz CT molecular complexity index is 1790. The third-order valence-corrected chi connectivity index (χ3v) is 6.37. The summed E-state index contributed by atoms with van der Waals surface area (Å²) in [5, 5.41) is 10.8. The fraction of sp³-hybridized carbons (Fsp3) is 0.179. The number of nitrogens with zero attached hydrogens (tertiary/aromatic N) is 6. The summed E-state index contributed by atoms with van der Waals surface area (Å²) in [7, 11) is 5.59. The van der Waals surface area contributed by atoms with Crippen molar-refractivity contribution in [3.05, 3.63) is 67.0 Å². The highest BCUT2D eigenvalue weighted by Crippen LogP contribution is 2.33. The van der Waals surface area contributed by atoms with Gasteiger partial charge in [-0.05, 0) is 56.1 Å². The molecule has 0 amide bonds. The molecule has 0 bridgehead atoms. The van der Waals surface area contributed by atoms with E-state index in [9.17, 15) is 4.39 Å². The molecule has 0 fully saturated rings. The molecule has 10 nitrogen and oxygen atoms in total. The van der Waals surface area contributed by atoms with Crippen LogP contribution in [0.1, 0.15) is 0 Å². The van der Waals surface area contributed by atoms with E-state index in [-0.39, 0.29) is 5.82 Å². The lowest BCUT2D eigenvalue weighted by molar-refractivity contribution is 0.413. The SMILES string of the molecule is COc1cncc(-c2ccc3[nH]nc(-c4nc5c(-c6cc(F)cc(NCCN(C)C)c6)cncc5[nH]4)c3n2)c1. The van der Waals surface area contributed by atoms with Gasteiger partial charge in [0.1, 0.15) is 17.1 Å². The summed E-state index contributed by atoms with van der Waals surface area (Å²) in [6, 6.07) is 10.6. The zero-order valence-electron chi connectivity index (χ0n) is 21.7. The first-order valence-electron chi connectivity index (χ1n) is 12.4. The first-order chi connectivity index (χ1) is 19.0. The average Bonchev–Trinajstić information content (AvgIpc) is 3.56. The highest BCUT2D eigenvalue weighted by Gasteiger charge is 2.18. The molecule has 0 spiro atoms.